The number of fused-ring (bicyclic) bond motifs is 1. The van der Waals surface area contributed by atoms with E-state index in [2.05, 4.69) is 15.4 Å². The Kier molecular flexibility index (Phi) is 5.58. The summed E-state index contributed by atoms with van der Waals surface area (Å²) in [7, 11) is 0. The summed E-state index contributed by atoms with van der Waals surface area (Å²) in [6.07, 6.45) is 0. The molecule has 2 heterocycles. The average Bonchev–Trinajstić information content (AvgIpc) is 3.17. The molecule has 0 aliphatic rings. The van der Waals surface area contributed by atoms with Gasteiger partial charge in [0.25, 0.3) is 11.5 Å². The topological polar surface area (TPSA) is 86.1 Å². The van der Waals surface area contributed by atoms with E-state index in [4.69, 9.17) is 4.74 Å². The number of para-hydroxylation sites is 1. The zero-order valence-electron chi connectivity index (χ0n) is 16.5. The van der Waals surface area contributed by atoms with Gasteiger partial charge in [0.05, 0.1) is 22.5 Å². The molecule has 4 aromatic rings. The minimum atomic E-state index is -0.799. The van der Waals surface area contributed by atoms with Crippen LogP contribution in [0.1, 0.15) is 19.9 Å². The van der Waals surface area contributed by atoms with Gasteiger partial charge in [-0.1, -0.05) is 23.5 Å². The van der Waals surface area contributed by atoms with E-state index in [1.807, 2.05) is 55.5 Å². The number of amides is 1. The molecule has 1 unspecified atom stereocenters. The number of anilines is 1. The van der Waals surface area contributed by atoms with Crippen LogP contribution in [-0.4, -0.2) is 27.3 Å². The Morgan fingerprint density at radius 1 is 1.13 bits per heavy atom. The van der Waals surface area contributed by atoms with Gasteiger partial charge in [0.15, 0.2) is 5.13 Å². The highest BCUT2D eigenvalue weighted by molar-refractivity contribution is 7.22. The van der Waals surface area contributed by atoms with Crippen LogP contribution in [0.4, 0.5) is 5.13 Å². The number of aromatic nitrogens is 3. The van der Waals surface area contributed by atoms with E-state index in [0.717, 1.165) is 21.5 Å². The second kappa shape index (κ2) is 8.46. The number of carbonyl (C=O) groups is 1. The number of carbonyl (C=O) groups excluding carboxylic acids is 1. The Hall–Kier alpha value is -3.52. The molecule has 1 N–H and O–H groups in total. The maximum Gasteiger partial charge on any atom is 0.267 e. The molecule has 7 nitrogen and oxygen atoms in total. The molecule has 1 amide bonds. The molecule has 0 bridgehead atoms. The Morgan fingerprint density at radius 3 is 2.63 bits per heavy atom. The van der Waals surface area contributed by atoms with Crippen LogP contribution in [0.2, 0.25) is 0 Å². The molecule has 0 radical (unpaired) electrons. The number of nitrogens with zero attached hydrogens (tertiary/aromatic N) is 3. The van der Waals surface area contributed by atoms with Crippen LogP contribution in [0.25, 0.3) is 21.5 Å². The summed E-state index contributed by atoms with van der Waals surface area (Å²) in [5.41, 5.74) is 1.89. The molecule has 2 aromatic carbocycles. The van der Waals surface area contributed by atoms with Gasteiger partial charge in [-0.2, -0.15) is 5.10 Å². The molecule has 152 valence electrons. The molecule has 30 heavy (non-hydrogen) atoms. The van der Waals surface area contributed by atoms with Crippen LogP contribution in [-0.2, 0) is 4.79 Å². The zero-order chi connectivity index (χ0) is 21.1. The number of ether oxygens (including phenoxy) is 1. The first-order valence-electron chi connectivity index (χ1n) is 9.54. The van der Waals surface area contributed by atoms with Crippen molar-refractivity contribution in [2.75, 3.05) is 11.9 Å². The number of benzene rings is 2. The maximum absolute atomic E-state index is 12.7. The number of hydrogen-bond donors (Lipinski definition) is 1. The van der Waals surface area contributed by atoms with Crippen LogP contribution in [0.15, 0.2) is 65.5 Å². The van der Waals surface area contributed by atoms with Gasteiger partial charge in [0.2, 0.25) is 0 Å². The third kappa shape index (κ3) is 4.08. The molecule has 4 rings (SSSR count). The highest BCUT2D eigenvalue weighted by Gasteiger charge is 2.19. The third-order valence-corrected chi connectivity index (χ3v) is 5.51. The fourth-order valence-corrected chi connectivity index (χ4v) is 3.86. The van der Waals surface area contributed by atoms with Crippen molar-refractivity contribution in [3.8, 4) is 17.0 Å². The first-order valence-corrected chi connectivity index (χ1v) is 10.4. The fourth-order valence-electron chi connectivity index (χ4n) is 2.99. The van der Waals surface area contributed by atoms with Gasteiger partial charge < -0.3 is 10.1 Å². The Bertz CT molecular complexity index is 1210. The van der Waals surface area contributed by atoms with E-state index in [9.17, 15) is 9.59 Å². The second-order valence-electron chi connectivity index (χ2n) is 6.61. The lowest BCUT2D eigenvalue weighted by Crippen LogP contribution is -2.33. The Labute approximate surface area is 177 Å². The fraction of sp³-hybridized carbons (Fsp3) is 0.182. The normalized spacial score (nSPS) is 11.9. The van der Waals surface area contributed by atoms with Gasteiger partial charge >= 0.3 is 0 Å². The van der Waals surface area contributed by atoms with Crippen molar-refractivity contribution >= 4 is 32.6 Å². The third-order valence-electron chi connectivity index (χ3n) is 4.56. The first kappa shape index (κ1) is 19.8. The zero-order valence-corrected chi connectivity index (χ0v) is 17.3. The maximum atomic E-state index is 12.7. The monoisotopic (exact) mass is 420 g/mol. The van der Waals surface area contributed by atoms with E-state index >= 15 is 0 Å². The predicted octanol–water partition coefficient (Wildman–Crippen LogP) is 4.12. The first-order chi connectivity index (χ1) is 14.5. The van der Waals surface area contributed by atoms with Gasteiger partial charge in [-0.05, 0) is 56.3 Å². The average molecular weight is 420 g/mol. The summed E-state index contributed by atoms with van der Waals surface area (Å²) in [4.78, 5) is 29.5. The van der Waals surface area contributed by atoms with Crippen molar-refractivity contribution in [2.45, 2.75) is 19.9 Å². The smallest absolute Gasteiger partial charge is 0.267 e. The summed E-state index contributed by atoms with van der Waals surface area (Å²) < 4.78 is 7.62. The molecule has 0 saturated heterocycles. The van der Waals surface area contributed by atoms with Crippen LogP contribution in [0.3, 0.4) is 0 Å². The second-order valence-corrected chi connectivity index (χ2v) is 7.64. The summed E-state index contributed by atoms with van der Waals surface area (Å²) in [5, 5.41) is 7.69. The van der Waals surface area contributed by atoms with Crippen LogP contribution in [0.5, 0.6) is 5.75 Å². The van der Waals surface area contributed by atoms with E-state index in [1.54, 1.807) is 13.0 Å². The lowest BCUT2D eigenvalue weighted by molar-refractivity contribution is -0.119. The van der Waals surface area contributed by atoms with Gasteiger partial charge in [-0.25, -0.2) is 9.67 Å². The molecule has 2 aromatic heterocycles. The van der Waals surface area contributed by atoms with E-state index < -0.39 is 6.04 Å². The van der Waals surface area contributed by atoms with E-state index in [0.29, 0.717) is 17.4 Å². The predicted molar refractivity (Wildman–Crippen MR) is 118 cm³/mol. The summed E-state index contributed by atoms with van der Waals surface area (Å²) in [5.74, 6) is 0.408. The van der Waals surface area contributed by atoms with Crippen molar-refractivity contribution in [1.82, 2.24) is 14.8 Å². The molecule has 0 aliphatic heterocycles. The standard InChI is InChI=1S/C22H20N4O3S/c1-3-29-16-10-8-15(9-11-16)17-12-13-20(27)26(25-17)14(2)21(28)24-22-23-18-6-4-5-7-19(18)30-22/h4-14H,3H2,1-2H3,(H,23,24,28). The van der Waals surface area contributed by atoms with Crippen LogP contribution in [0, 0.1) is 0 Å². The number of rotatable bonds is 6. The van der Waals surface area contributed by atoms with Gasteiger partial charge in [-0.15, -0.1) is 0 Å². The molecule has 0 aliphatic carbocycles. The van der Waals surface area contributed by atoms with Crippen molar-refractivity contribution in [1.29, 1.82) is 0 Å². The number of nitrogens with one attached hydrogen (secondary N) is 1. The SMILES string of the molecule is CCOc1ccc(-c2ccc(=O)n(C(C)C(=O)Nc3nc4ccccc4s3)n2)cc1. The minimum Gasteiger partial charge on any atom is -0.494 e. The lowest BCUT2D eigenvalue weighted by Gasteiger charge is -2.14. The van der Waals surface area contributed by atoms with Gasteiger partial charge in [0.1, 0.15) is 11.8 Å². The largest absolute Gasteiger partial charge is 0.494 e. The molecule has 0 spiro atoms. The van der Waals surface area contributed by atoms with E-state index in [1.165, 1.54) is 22.1 Å². The number of hydrogen-bond acceptors (Lipinski definition) is 6. The lowest BCUT2D eigenvalue weighted by atomic mass is 10.1. The van der Waals surface area contributed by atoms with Crippen LogP contribution >= 0.6 is 11.3 Å². The van der Waals surface area contributed by atoms with Gasteiger partial charge in [-0.3, -0.25) is 9.59 Å². The highest BCUT2D eigenvalue weighted by atomic mass is 32.1. The summed E-state index contributed by atoms with van der Waals surface area (Å²) in [6.45, 7) is 4.15. The Morgan fingerprint density at radius 2 is 1.90 bits per heavy atom. The molecular weight excluding hydrogens is 400 g/mol. The van der Waals surface area contributed by atoms with Crippen molar-refractivity contribution in [2.24, 2.45) is 0 Å². The van der Waals surface area contributed by atoms with Crippen molar-refractivity contribution in [3.63, 3.8) is 0 Å². The van der Waals surface area contributed by atoms with E-state index in [-0.39, 0.29) is 11.5 Å². The van der Waals surface area contributed by atoms with Crippen molar-refractivity contribution < 1.29 is 9.53 Å². The minimum absolute atomic E-state index is 0.350. The molecule has 1 atom stereocenters. The molecular formula is C22H20N4O3S. The molecule has 0 saturated carbocycles. The van der Waals surface area contributed by atoms with Gasteiger partial charge in [0, 0.05) is 11.6 Å². The van der Waals surface area contributed by atoms with Crippen molar-refractivity contribution in [3.05, 3.63) is 71.0 Å². The summed E-state index contributed by atoms with van der Waals surface area (Å²) in [6, 6.07) is 17.3. The van der Waals surface area contributed by atoms with Crippen LogP contribution < -0.4 is 15.6 Å². The molecule has 0 fully saturated rings. The highest BCUT2D eigenvalue weighted by Crippen LogP contribution is 2.26. The summed E-state index contributed by atoms with van der Waals surface area (Å²) >= 11 is 1.38. The number of thiazole rings is 1. The molecule has 8 heteroatoms. The Balaban J connectivity index is 1.56. The quantitative estimate of drug-likeness (QED) is 0.507.